The van der Waals surface area contributed by atoms with Crippen molar-refractivity contribution in [3.8, 4) is 11.5 Å². The number of imidazole rings is 1. The molecule has 5 rings (SSSR count). The summed E-state index contributed by atoms with van der Waals surface area (Å²) in [7, 11) is 0. The number of carboxylic acid groups (broad SMARTS) is 1. The van der Waals surface area contributed by atoms with Gasteiger partial charge < -0.3 is 25.2 Å². The number of amides is 1. The van der Waals surface area contributed by atoms with Crippen LogP contribution in [0.15, 0.2) is 33.0 Å². The number of fused-ring (bicyclic) bond motifs is 2. The predicted octanol–water partition coefficient (Wildman–Crippen LogP) is 3.37. The van der Waals surface area contributed by atoms with Crippen molar-refractivity contribution in [2.24, 2.45) is 0 Å². The molecule has 30 heavy (non-hydrogen) atoms. The molecule has 0 bridgehead atoms. The van der Waals surface area contributed by atoms with Crippen molar-refractivity contribution in [2.45, 2.75) is 28.9 Å². The Labute approximate surface area is 183 Å². The molecule has 1 aromatic carbocycles. The van der Waals surface area contributed by atoms with Crippen molar-refractivity contribution in [1.29, 1.82) is 0 Å². The molecule has 1 amide bonds. The average molecular weight is 493 g/mol. The lowest BCUT2D eigenvalue weighted by atomic mass is 10.1. The summed E-state index contributed by atoms with van der Waals surface area (Å²) >= 11 is 5.05. The van der Waals surface area contributed by atoms with Crippen LogP contribution in [0.5, 0.6) is 11.5 Å². The highest BCUT2D eigenvalue weighted by molar-refractivity contribution is 9.10. The van der Waals surface area contributed by atoms with Crippen molar-refractivity contribution in [2.75, 3.05) is 25.6 Å². The summed E-state index contributed by atoms with van der Waals surface area (Å²) < 4.78 is 13.8. The quantitative estimate of drug-likeness (QED) is 0.564. The van der Waals surface area contributed by atoms with E-state index >= 15 is 0 Å². The first-order valence-corrected chi connectivity index (χ1v) is 10.9. The van der Waals surface area contributed by atoms with E-state index in [1.54, 1.807) is 0 Å². The summed E-state index contributed by atoms with van der Waals surface area (Å²) in [4.78, 5) is 26.8. The van der Waals surface area contributed by atoms with Crippen LogP contribution in [0.25, 0.3) is 11.2 Å². The number of halogens is 1. The Morgan fingerprint density at radius 3 is 2.70 bits per heavy atom. The summed E-state index contributed by atoms with van der Waals surface area (Å²) in [5.74, 6) is 1.68. The maximum Gasteiger partial charge on any atom is 0.407 e. The van der Waals surface area contributed by atoms with Gasteiger partial charge in [-0.15, -0.1) is 0 Å². The lowest BCUT2D eigenvalue weighted by Gasteiger charge is -2.31. The number of carbonyl (C=O) groups is 1. The fourth-order valence-electron chi connectivity index (χ4n) is 3.70. The number of piperidine rings is 1. The maximum atomic E-state index is 11.3. The first-order chi connectivity index (χ1) is 14.5. The van der Waals surface area contributed by atoms with E-state index in [0.717, 1.165) is 9.37 Å². The highest BCUT2D eigenvalue weighted by Gasteiger charge is 2.29. The van der Waals surface area contributed by atoms with Gasteiger partial charge in [0.2, 0.25) is 6.79 Å². The minimum Gasteiger partial charge on any atom is -0.465 e. The second kappa shape index (κ2) is 7.51. The number of nitrogen functional groups attached to an aromatic ring is 1. The van der Waals surface area contributed by atoms with Crippen LogP contribution in [0.2, 0.25) is 0 Å². The van der Waals surface area contributed by atoms with Crippen molar-refractivity contribution >= 4 is 50.8 Å². The van der Waals surface area contributed by atoms with Crippen LogP contribution in [0.1, 0.15) is 18.9 Å². The molecule has 12 heteroatoms. The van der Waals surface area contributed by atoms with Crippen molar-refractivity contribution in [1.82, 2.24) is 24.4 Å². The molecule has 4 heterocycles. The first-order valence-electron chi connectivity index (χ1n) is 9.24. The smallest absolute Gasteiger partial charge is 0.407 e. The van der Waals surface area contributed by atoms with E-state index in [4.69, 9.17) is 20.2 Å². The Morgan fingerprint density at radius 1 is 1.23 bits per heavy atom. The zero-order chi connectivity index (χ0) is 20.8. The van der Waals surface area contributed by atoms with Crippen molar-refractivity contribution in [3.05, 3.63) is 22.9 Å². The van der Waals surface area contributed by atoms with E-state index in [9.17, 15) is 9.90 Å². The van der Waals surface area contributed by atoms with Gasteiger partial charge in [-0.2, -0.15) is 0 Å². The van der Waals surface area contributed by atoms with Crippen molar-refractivity contribution < 1.29 is 19.4 Å². The Morgan fingerprint density at radius 2 is 1.97 bits per heavy atom. The minimum atomic E-state index is -0.894. The highest BCUT2D eigenvalue weighted by atomic mass is 79.9. The zero-order valence-corrected chi connectivity index (χ0v) is 18.0. The van der Waals surface area contributed by atoms with Crippen molar-refractivity contribution in [3.63, 3.8) is 0 Å². The number of rotatable bonds is 3. The molecular formula is C18H17BrN6O4S. The number of nitrogens with zero attached hydrogens (tertiary/aromatic N) is 5. The molecule has 3 N–H and O–H groups in total. The Balaban J connectivity index is 1.55. The van der Waals surface area contributed by atoms with E-state index in [0.29, 0.717) is 59.6 Å². The molecule has 156 valence electrons. The average Bonchev–Trinajstić information content (AvgIpc) is 3.33. The number of anilines is 1. The molecule has 3 aromatic rings. The van der Waals surface area contributed by atoms with Gasteiger partial charge in [0.25, 0.3) is 0 Å². The monoisotopic (exact) mass is 492 g/mol. The van der Waals surface area contributed by atoms with Gasteiger partial charge in [0.1, 0.15) is 6.33 Å². The van der Waals surface area contributed by atoms with Gasteiger partial charge >= 0.3 is 6.09 Å². The fraction of sp³-hybridized carbons (Fsp3) is 0.333. The third-order valence-corrected chi connectivity index (χ3v) is 7.15. The molecule has 0 radical (unpaired) electrons. The predicted molar refractivity (Wildman–Crippen MR) is 112 cm³/mol. The van der Waals surface area contributed by atoms with Gasteiger partial charge in [-0.1, -0.05) is 11.8 Å². The number of hydrogen-bond acceptors (Lipinski definition) is 8. The van der Waals surface area contributed by atoms with Crippen LogP contribution in [0.3, 0.4) is 0 Å². The van der Waals surface area contributed by atoms with Crippen LogP contribution in [-0.4, -0.2) is 55.5 Å². The van der Waals surface area contributed by atoms with Crippen LogP contribution < -0.4 is 15.2 Å². The van der Waals surface area contributed by atoms with Gasteiger partial charge in [-0.05, 0) is 40.9 Å². The van der Waals surface area contributed by atoms with Crippen LogP contribution in [0.4, 0.5) is 10.6 Å². The van der Waals surface area contributed by atoms with Crippen LogP contribution in [-0.2, 0) is 0 Å². The summed E-state index contributed by atoms with van der Waals surface area (Å²) in [6, 6.07) is 3.83. The maximum absolute atomic E-state index is 11.3. The normalized spacial score (nSPS) is 16.4. The lowest BCUT2D eigenvalue weighted by molar-refractivity contribution is 0.125. The first kappa shape index (κ1) is 19.2. The molecule has 0 spiro atoms. The van der Waals surface area contributed by atoms with Gasteiger partial charge in [0, 0.05) is 28.5 Å². The molecule has 1 fully saturated rings. The number of likely N-dealkylation sites (tertiary alicyclic amines) is 1. The molecule has 1 saturated heterocycles. The van der Waals surface area contributed by atoms with Gasteiger partial charge in [0.05, 0.1) is 0 Å². The molecule has 2 aromatic heterocycles. The number of hydrogen-bond donors (Lipinski definition) is 2. The number of ether oxygens (including phenoxy) is 2. The topological polar surface area (TPSA) is 129 Å². The van der Waals surface area contributed by atoms with E-state index in [1.807, 2.05) is 16.7 Å². The van der Waals surface area contributed by atoms with E-state index < -0.39 is 6.09 Å². The largest absolute Gasteiger partial charge is 0.465 e. The summed E-state index contributed by atoms with van der Waals surface area (Å²) in [6.07, 6.45) is 1.86. The molecule has 2 aliphatic heterocycles. The summed E-state index contributed by atoms with van der Waals surface area (Å²) in [5, 5.41) is 9.97. The van der Waals surface area contributed by atoms with Gasteiger partial charge in [-0.25, -0.2) is 19.7 Å². The SMILES string of the molecule is Nc1ncnc2c1nc(Sc1cc3c(cc1Br)OCO3)n2C1CCN(C(=O)O)CC1. The number of aromatic nitrogens is 4. The molecule has 0 saturated carbocycles. The highest BCUT2D eigenvalue weighted by Crippen LogP contribution is 2.44. The lowest BCUT2D eigenvalue weighted by Crippen LogP contribution is -2.38. The van der Waals surface area contributed by atoms with Crippen LogP contribution in [0, 0.1) is 0 Å². The van der Waals surface area contributed by atoms with Crippen LogP contribution >= 0.6 is 27.7 Å². The summed E-state index contributed by atoms with van der Waals surface area (Å²) in [6.45, 7) is 1.11. The summed E-state index contributed by atoms with van der Waals surface area (Å²) in [5.41, 5.74) is 7.25. The Bertz CT molecular complexity index is 1150. The molecule has 10 nitrogen and oxygen atoms in total. The number of nitrogens with two attached hydrogens (primary N) is 1. The second-order valence-electron chi connectivity index (χ2n) is 6.93. The molecule has 2 aliphatic rings. The molecular weight excluding hydrogens is 476 g/mol. The second-order valence-corrected chi connectivity index (χ2v) is 8.80. The zero-order valence-electron chi connectivity index (χ0n) is 15.6. The number of benzene rings is 1. The third kappa shape index (κ3) is 3.29. The Kier molecular flexibility index (Phi) is 4.82. The van der Waals surface area contributed by atoms with Gasteiger partial charge in [0.15, 0.2) is 33.6 Å². The third-order valence-electron chi connectivity index (χ3n) is 5.20. The minimum absolute atomic E-state index is 0.0511. The van der Waals surface area contributed by atoms with E-state index in [-0.39, 0.29) is 12.8 Å². The standard InChI is InChI=1S/C18H17BrN6O4S/c19-10-5-11-12(29-8-28-11)6-13(10)30-17-23-14-15(20)21-7-22-16(14)25(17)9-1-3-24(4-2-9)18(26)27/h5-7,9H,1-4,8H2,(H,26,27)(H2,20,21,22). The van der Waals surface area contributed by atoms with E-state index in [1.165, 1.54) is 23.0 Å². The van der Waals surface area contributed by atoms with Gasteiger partial charge in [-0.3, -0.25) is 4.57 Å². The molecule has 0 unspecified atom stereocenters. The van der Waals surface area contributed by atoms with E-state index in [2.05, 4.69) is 25.9 Å². The fourth-order valence-corrected chi connectivity index (χ4v) is 5.25. The molecule has 0 aliphatic carbocycles. The Hall–Kier alpha value is -2.73. The molecule has 0 atom stereocenters.